The fraction of sp³-hybridized carbons (Fsp3) is 0.857. The zero-order valence-electron chi connectivity index (χ0n) is 7.04. The van der Waals surface area contributed by atoms with E-state index in [1.165, 1.54) is 0 Å². The van der Waals surface area contributed by atoms with Crippen molar-refractivity contribution in [3.05, 3.63) is 0 Å². The van der Waals surface area contributed by atoms with E-state index in [9.17, 15) is 13.2 Å². The van der Waals surface area contributed by atoms with E-state index in [1.54, 1.807) is 0 Å². The third-order valence-corrected chi connectivity index (χ3v) is 2.62. The zero-order chi connectivity index (χ0) is 9.19. The van der Waals surface area contributed by atoms with Gasteiger partial charge >= 0.3 is 0 Å². The summed E-state index contributed by atoms with van der Waals surface area (Å²) in [5, 5.41) is 0. The van der Waals surface area contributed by atoms with Crippen LogP contribution in [0.1, 0.15) is 25.7 Å². The average Bonchev–Trinajstić information content (AvgIpc) is 1.91. The Morgan fingerprint density at radius 1 is 1.42 bits per heavy atom. The molecule has 0 saturated heterocycles. The Bertz CT molecular complexity index is 270. The van der Waals surface area contributed by atoms with Crippen LogP contribution in [0.4, 0.5) is 0 Å². The monoisotopic (exact) mass is 191 g/mol. The molecule has 1 aliphatic carbocycles. The molecule has 1 N–H and O–H groups in total. The molecular formula is C7H13NO3S. The molecule has 0 amide bonds. The molecule has 1 fully saturated rings. The van der Waals surface area contributed by atoms with Crippen molar-refractivity contribution in [1.29, 1.82) is 0 Å². The summed E-state index contributed by atoms with van der Waals surface area (Å²) >= 11 is 0. The molecule has 70 valence electrons. The van der Waals surface area contributed by atoms with Crippen LogP contribution < -0.4 is 4.72 Å². The van der Waals surface area contributed by atoms with Gasteiger partial charge in [-0.05, 0) is 12.8 Å². The van der Waals surface area contributed by atoms with Crippen LogP contribution in [0.2, 0.25) is 0 Å². The van der Waals surface area contributed by atoms with Gasteiger partial charge in [-0.3, -0.25) is 4.79 Å². The van der Waals surface area contributed by atoms with Crippen molar-refractivity contribution in [2.45, 2.75) is 31.7 Å². The Hall–Kier alpha value is -0.420. The lowest BCUT2D eigenvalue weighted by atomic mass is 9.95. The maximum Gasteiger partial charge on any atom is 0.209 e. The fourth-order valence-electron chi connectivity index (χ4n) is 1.37. The van der Waals surface area contributed by atoms with E-state index in [0.717, 1.165) is 19.1 Å². The van der Waals surface area contributed by atoms with Gasteiger partial charge in [-0.1, -0.05) is 6.42 Å². The van der Waals surface area contributed by atoms with Gasteiger partial charge in [0.25, 0.3) is 0 Å². The fourth-order valence-corrected chi connectivity index (χ4v) is 2.13. The second-order valence-electron chi connectivity index (χ2n) is 3.15. The minimum absolute atomic E-state index is 0.0201. The molecule has 0 aliphatic heterocycles. The van der Waals surface area contributed by atoms with Gasteiger partial charge in [0.15, 0.2) is 5.78 Å². The molecule has 0 aromatic rings. The highest BCUT2D eigenvalue weighted by Crippen LogP contribution is 2.14. The SMILES string of the molecule is CS(=O)(=O)NC1CCCCC1=O. The molecule has 1 aliphatic rings. The van der Waals surface area contributed by atoms with E-state index in [2.05, 4.69) is 4.72 Å². The number of nitrogens with one attached hydrogen (secondary N) is 1. The molecule has 4 nitrogen and oxygen atoms in total. The smallest absolute Gasteiger partial charge is 0.209 e. The van der Waals surface area contributed by atoms with E-state index >= 15 is 0 Å². The summed E-state index contributed by atoms with van der Waals surface area (Å²) in [6.45, 7) is 0. The van der Waals surface area contributed by atoms with Crippen LogP contribution in [0.3, 0.4) is 0 Å². The minimum atomic E-state index is -3.23. The van der Waals surface area contributed by atoms with Crippen LogP contribution >= 0.6 is 0 Å². The molecule has 1 rings (SSSR count). The standard InChI is InChI=1S/C7H13NO3S/c1-12(10,11)8-6-4-2-3-5-7(6)9/h6,8H,2-5H2,1H3. The predicted molar refractivity (Wildman–Crippen MR) is 45.2 cm³/mol. The molecule has 5 heteroatoms. The largest absolute Gasteiger partial charge is 0.298 e. The molecule has 0 radical (unpaired) electrons. The van der Waals surface area contributed by atoms with E-state index in [0.29, 0.717) is 12.8 Å². The van der Waals surface area contributed by atoms with Crippen molar-refractivity contribution in [3.8, 4) is 0 Å². The van der Waals surface area contributed by atoms with Gasteiger partial charge < -0.3 is 0 Å². The predicted octanol–water partition coefficient (Wildman–Crippen LogP) is 0.0473. The first-order chi connectivity index (χ1) is 5.49. The maximum absolute atomic E-state index is 11.1. The first-order valence-electron chi connectivity index (χ1n) is 3.99. The highest BCUT2D eigenvalue weighted by molar-refractivity contribution is 7.88. The van der Waals surface area contributed by atoms with Gasteiger partial charge in [-0.15, -0.1) is 0 Å². The third-order valence-electron chi connectivity index (χ3n) is 1.91. The van der Waals surface area contributed by atoms with E-state index in [4.69, 9.17) is 0 Å². The number of Topliss-reactive ketones (excluding diaryl/α,β-unsaturated/α-hetero) is 1. The first-order valence-corrected chi connectivity index (χ1v) is 5.88. The first kappa shape index (κ1) is 9.67. The van der Waals surface area contributed by atoms with Crippen molar-refractivity contribution >= 4 is 15.8 Å². The number of carbonyl (C=O) groups excluding carboxylic acids is 1. The summed E-state index contributed by atoms with van der Waals surface area (Å²) in [5.74, 6) is 0.0201. The average molecular weight is 191 g/mol. The van der Waals surface area contributed by atoms with E-state index < -0.39 is 16.1 Å². The van der Waals surface area contributed by atoms with Gasteiger partial charge in [0, 0.05) is 6.42 Å². The topological polar surface area (TPSA) is 63.2 Å². The van der Waals surface area contributed by atoms with Gasteiger partial charge in [0.1, 0.15) is 0 Å². The summed E-state index contributed by atoms with van der Waals surface area (Å²) in [5.41, 5.74) is 0. The Kier molecular flexibility index (Phi) is 2.85. The van der Waals surface area contributed by atoms with Crippen LogP contribution in [-0.2, 0) is 14.8 Å². The van der Waals surface area contributed by atoms with Crippen LogP contribution in [0, 0.1) is 0 Å². The molecule has 1 atom stereocenters. The zero-order valence-corrected chi connectivity index (χ0v) is 7.86. The van der Waals surface area contributed by atoms with Crippen molar-refractivity contribution in [2.75, 3.05) is 6.26 Å². The number of hydrogen-bond donors (Lipinski definition) is 1. The van der Waals surface area contributed by atoms with Crippen molar-refractivity contribution in [1.82, 2.24) is 4.72 Å². The molecule has 0 aromatic heterocycles. The number of rotatable bonds is 2. The lowest BCUT2D eigenvalue weighted by molar-refractivity contribution is -0.122. The number of sulfonamides is 1. The normalized spacial score (nSPS) is 25.8. The summed E-state index contributed by atoms with van der Waals surface area (Å²) < 4.78 is 23.9. The minimum Gasteiger partial charge on any atom is -0.298 e. The van der Waals surface area contributed by atoms with Crippen molar-refractivity contribution < 1.29 is 13.2 Å². The Labute approximate surface area is 72.4 Å². The number of hydrogen-bond acceptors (Lipinski definition) is 3. The molecule has 0 heterocycles. The molecular weight excluding hydrogens is 178 g/mol. The molecule has 0 aromatic carbocycles. The maximum atomic E-state index is 11.1. The van der Waals surface area contributed by atoms with Gasteiger partial charge in [0.05, 0.1) is 12.3 Å². The molecule has 0 spiro atoms. The second kappa shape index (κ2) is 3.53. The van der Waals surface area contributed by atoms with Gasteiger partial charge in [-0.25, -0.2) is 13.1 Å². The summed E-state index contributed by atoms with van der Waals surface area (Å²) in [6, 6.07) is -0.464. The number of ketones is 1. The highest BCUT2D eigenvalue weighted by atomic mass is 32.2. The lowest BCUT2D eigenvalue weighted by Gasteiger charge is -2.20. The Morgan fingerprint density at radius 2 is 2.08 bits per heavy atom. The quantitative estimate of drug-likeness (QED) is 0.670. The summed E-state index contributed by atoms with van der Waals surface area (Å²) in [7, 11) is -3.23. The van der Waals surface area contributed by atoms with Gasteiger partial charge in [-0.2, -0.15) is 0 Å². The number of carbonyl (C=O) groups is 1. The van der Waals surface area contributed by atoms with Crippen LogP contribution in [-0.4, -0.2) is 26.5 Å². The highest BCUT2D eigenvalue weighted by Gasteiger charge is 2.24. The third kappa shape index (κ3) is 2.91. The second-order valence-corrected chi connectivity index (χ2v) is 4.93. The molecule has 12 heavy (non-hydrogen) atoms. The van der Waals surface area contributed by atoms with Crippen LogP contribution in [0.25, 0.3) is 0 Å². The Balaban J connectivity index is 2.56. The van der Waals surface area contributed by atoms with E-state index in [-0.39, 0.29) is 5.78 Å². The van der Waals surface area contributed by atoms with Gasteiger partial charge in [0.2, 0.25) is 10.0 Å². The lowest BCUT2D eigenvalue weighted by Crippen LogP contribution is -2.41. The molecule has 1 saturated carbocycles. The summed E-state index contributed by atoms with van der Waals surface area (Å²) in [6.07, 6.45) is 4.05. The van der Waals surface area contributed by atoms with Crippen molar-refractivity contribution in [3.63, 3.8) is 0 Å². The van der Waals surface area contributed by atoms with Crippen LogP contribution in [0.5, 0.6) is 0 Å². The Morgan fingerprint density at radius 3 is 2.58 bits per heavy atom. The van der Waals surface area contributed by atoms with E-state index in [1.807, 2.05) is 0 Å². The summed E-state index contributed by atoms with van der Waals surface area (Å²) in [4.78, 5) is 11.1. The molecule has 0 bridgehead atoms. The molecule has 1 unspecified atom stereocenters. The van der Waals surface area contributed by atoms with Crippen LogP contribution in [0.15, 0.2) is 0 Å². The van der Waals surface area contributed by atoms with Crippen molar-refractivity contribution in [2.24, 2.45) is 0 Å².